The second kappa shape index (κ2) is 9.06. The molecule has 0 heterocycles. The summed E-state index contributed by atoms with van der Waals surface area (Å²) >= 11 is 0. The van der Waals surface area contributed by atoms with Crippen molar-refractivity contribution in [2.24, 2.45) is 11.1 Å². The molecule has 0 radical (unpaired) electrons. The van der Waals surface area contributed by atoms with E-state index in [4.69, 9.17) is 5.14 Å². The van der Waals surface area contributed by atoms with Gasteiger partial charge in [-0.3, -0.25) is 14.4 Å². The SMILES string of the molecule is NS(=O)(=O)c1ccc(C(=O)Nc2ccc(C(=O)NCCNC(=O)C3CC3)cc2)cc1. The van der Waals surface area contributed by atoms with E-state index in [1.54, 1.807) is 24.3 Å². The Morgan fingerprint density at radius 1 is 0.833 bits per heavy atom. The molecule has 1 saturated carbocycles. The molecule has 1 aliphatic carbocycles. The molecule has 1 aliphatic rings. The van der Waals surface area contributed by atoms with Gasteiger partial charge in [-0.25, -0.2) is 13.6 Å². The number of carbonyl (C=O) groups is 3. The van der Waals surface area contributed by atoms with E-state index in [2.05, 4.69) is 16.0 Å². The summed E-state index contributed by atoms with van der Waals surface area (Å²) in [6, 6.07) is 11.5. The molecule has 0 unspecified atom stereocenters. The Morgan fingerprint density at radius 3 is 1.93 bits per heavy atom. The van der Waals surface area contributed by atoms with Crippen LogP contribution in [0.1, 0.15) is 33.6 Å². The highest BCUT2D eigenvalue weighted by atomic mass is 32.2. The fraction of sp³-hybridized carbons (Fsp3) is 0.250. The van der Waals surface area contributed by atoms with Crippen molar-refractivity contribution in [3.63, 3.8) is 0 Å². The molecule has 3 amide bonds. The zero-order valence-corrected chi connectivity index (χ0v) is 16.9. The van der Waals surface area contributed by atoms with Gasteiger partial charge in [-0.1, -0.05) is 0 Å². The first-order valence-corrected chi connectivity index (χ1v) is 10.9. The Balaban J connectivity index is 1.49. The van der Waals surface area contributed by atoms with Gasteiger partial charge >= 0.3 is 0 Å². The van der Waals surface area contributed by atoms with E-state index in [1.165, 1.54) is 24.3 Å². The molecule has 3 rings (SSSR count). The van der Waals surface area contributed by atoms with Crippen molar-refractivity contribution in [2.45, 2.75) is 17.7 Å². The third-order valence-corrected chi connectivity index (χ3v) is 5.44. The zero-order chi connectivity index (χ0) is 21.7. The lowest BCUT2D eigenvalue weighted by molar-refractivity contribution is -0.122. The number of benzene rings is 2. The highest BCUT2D eigenvalue weighted by Gasteiger charge is 2.29. The molecule has 2 aromatic rings. The van der Waals surface area contributed by atoms with E-state index in [-0.39, 0.29) is 28.2 Å². The molecule has 0 bridgehead atoms. The molecule has 10 heteroatoms. The summed E-state index contributed by atoms with van der Waals surface area (Å²) in [5.41, 5.74) is 1.15. The predicted molar refractivity (Wildman–Crippen MR) is 110 cm³/mol. The maximum absolute atomic E-state index is 12.3. The topological polar surface area (TPSA) is 147 Å². The summed E-state index contributed by atoms with van der Waals surface area (Å²) in [5.74, 6) is -0.551. The maximum Gasteiger partial charge on any atom is 0.255 e. The van der Waals surface area contributed by atoms with Crippen molar-refractivity contribution in [2.75, 3.05) is 18.4 Å². The third-order valence-electron chi connectivity index (χ3n) is 4.51. The number of nitrogens with two attached hydrogens (primary N) is 1. The number of anilines is 1. The first-order chi connectivity index (χ1) is 14.2. The summed E-state index contributed by atoms with van der Waals surface area (Å²) in [7, 11) is -3.82. The standard InChI is InChI=1S/C20H22N4O5S/c21-30(28,29)17-9-5-15(6-10-17)20(27)24-16-7-3-14(4-8-16)19(26)23-12-11-22-18(25)13-1-2-13/h3-10,13H,1-2,11-12H2,(H,22,25)(H,23,26)(H,24,27)(H2,21,28,29). The highest BCUT2D eigenvalue weighted by Crippen LogP contribution is 2.28. The third kappa shape index (κ3) is 5.88. The van der Waals surface area contributed by atoms with Gasteiger partial charge in [0, 0.05) is 35.8 Å². The van der Waals surface area contributed by atoms with Gasteiger partial charge in [-0.05, 0) is 61.4 Å². The van der Waals surface area contributed by atoms with E-state index in [0.29, 0.717) is 24.3 Å². The summed E-state index contributed by atoms with van der Waals surface area (Å²) < 4.78 is 22.5. The van der Waals surface area contributed by atoms with Crippen molar-refractivity contribution in [1.82, 2.24) is 10.6 Å². The maximum atomic E-state index is 12.3. The first-order valence-electron chi connectivity index (χ1n) is 9.34. The van der Waals surface area contributed by atoms with Crippen LogP contribution in [0.3, 0.4) is 0 Å². The lowest BCUT2D eigenvalue weighted by Crippen LogP contribution is -2.35. The van der Waals surface area contributed by atoms with Gasteiger partial charge in [0.1, 0.15) is 0 Å². The van der Waals surface area contributed by atoms with Crippen LogP contribution in [0.15, 0.2) is 53.4 Å². The smallest absolute Gasteiger partial charge is 0.255 e. The minimum absolute atomic E-state index is 0.0311. The van der Waals surface area contributed by atoms with Crippen LogP contribution in [0.5, 0.6) is 0 Å². The van der Waals surface area contributed by atoms with Crippen molar-refractivity contribution in [3.05, 3.63) is 59.7 Å². The molecule has 0 saturated heterocycles. The number of carbonyl (C=O) groups excluding carboxylic acids is 3. The minimum atomic E-state index is -3.82. The second-order valence-corrected chi connectivity index (χ2v) is 8.48. The Morgan fingerprint density at radius 2 is 1.37 bits per heavy atom. The summed E-state index contributed by atoms with van der Waals surface area (Å²) in [6.45, 7) is 0.698. The monoisotopic (exact) mass is 430 g/mol. The predicted octanol–water partition coefficient (Wildman–Crippen LogP) is 0.842. The molecule has 1 fully saturated rings. The van der Waals surface area contributed by atoms with Crippen molar-refractivity contribution in [1.29, 1.82) is 0 Å². The number of hydrogen-bond donors (Lipinski definition) is 4. The van der Waals surface area contributed by atoms with Crippen LogP contribution in [-0.4, -0.2) is 39.2 Å². The second-order valence-electron chi connectivity index (χ2n) is 6.92. The molecule has 9 nitrogen and oxygen atoms in total. The molecule has 5 N–H and O–H groups in total. The molecule has 0 spiro atoms. The largest absolute Gasteiger partial charge is 0.354 e. The van der Waals surface area contributed by atoms with Gasteiger partial charge in [0.05, 0.1) is 4.90 Å². The van der Waals surface area contributed by atoms with Gasteiger partial charge in [-0.2, -0.15) is 0 Å². The summed E-state index contributed by atoms with van der Waals surface area (Å²) in [4.78, 5) is 35.8. The number of amides is 3. The molecule has 0 aliphatic heterocycles. The fourth-order valence-corrected chi connectivity index (χ4v) is 3.17. The van der Waals surface area contributed by atoms with E-state index in [1.807, 2.05) is 0 Å². The Kier molecular flexibility index (Phi) is 6.48. The van der Waals surface area contributed by atoms with Crippen LogP contribution in [0.2, 0.25) is 0 Å². The van der Waals surface area contributed by atoms with Gasteiger partial charge in [0.15, 0.2) is 0 Å². The van der Waals surface area contributed by atoms with Crippen LogP contribution in [0, 0.1) is 5.92 Å². The van der Waals surface area contributed by atoms with Gasteiger partial charge in [0.2, 0.25) is 15.9 Å². The van der Waals surface area contributed by atoms with Gasteiger partial charge < -0.3 is 16.0 Å². The van der Waals surface area contributed by atoms with Crippen LogP contribution in [0.25, 0.3) is 0 Å². The van der Waals surface area contributed by atoms with Gasteiger partial charge in [-0.15, -0.1) is 0 Å². The summed E-state index contributed by atoms with van der Waals surface area (Å²) in [5, 5.41) is 13.2. The zero-order valence-electron chi connectivity index (χ0n) is 16.1. The molecular formula is C20H22N4O5S. The van der Waals surface area contributed by atoms with E-state index in [9.17, 15) is 22.8 Å². The Hall–Kier alpha value is -3.24. The molecular weight excluding hydrogens is 408 g/mol. The fourth-order valence-electron chi connectivity index (χ4n) is 2.66. The number of hydrogen-bond acceptors (Lipinski definition) is 5. The number of primary sulfonamides is 1. The Labute approximate surface area is 174 Å². The molecule has 30 heavy (non-hydrogen) atoms. The van der Waals surface area contributed by atoms with E-state index in [0.717, 1.165) is 12.8 Å². The molecule has 0 atom stereocenters. The molecule has 0 aromatic heterocycles. The van der Waals surface area contributed by atoms with E-state index >= 15 is 0 Å². The average molecular weight is 430 g/mol. The van der Waals surface area contributed by atoms with Crippen LogP contribution in [-0.2, 0) is 14.8 Å². The quantitative estimate of drug-likeness (QED) is 0.458. The van der Waals surface area contributed by atoms with Gasteiger partial charge in [0.25, 0.3) is 11.8 Å². The van der Waals surface area contributed by atoms with Crippen LogP contribution < -0.4 is 21.1 Å². The van der Waals surface area contributed by atoms with Crippen molar-refractivity contribution < 1.29 is 22.8 Å². The number of nitrogens with one attached hydrogen (secondary N) is 3. The van der Waals surface area contributed by atoms with E-state index < -0.39 is 15.9 Å². The van der Waals surface area contributed by atoms with Crippen molar-refractivity contribution in [3.8, 4) is 0 Å². The normalized spacial score (nSPS) is 13.4. The van der Waals surface area contributed by atoms with Crippen molar-refractivity contribution >= 4 is 33.4 Å². The summed E-state index contributed by atoms with van der Waals surface area (Å²) in [6.07, 6.45) is 1.87. The minimum Gasteiger partial charge on any atom is -0.354 e. The average Bonchev–Trinajstić information content (AvgIpc) is 3.56. The lowest BCUT2D eigenvalue weighted by Gasteiger charge is -2.09. The number of sulfonamides is 1. The lowest BCUT2D eigenvalue weighted by atomic mass is 10.1. The van der Waals surface area contributed by atoms with Crippen LogP contribution >= 0.6 is 0 Å². The molecule has 158 valence electrons. The van der Waals surface area contributed by atoms with Crippen LogP contribution in [0.4, 0.5) is 5.69 Å². The number of rotatable bonds is 8. The first kappa shape index (κ1) is 21.5. The Bertz CT molecular complexity index is 1050. The molecule has 2 aromatic carbocycles. The highest BCUT2D eigenvalue weighted by molar-refractivity contribution is 7.89.